The molecule has 0 saturated heterocycles. The average Bonchev–Trinajstić information content (AvgIpc) is 2.67. The number of aliphatic imine (C=N–C) groups is 1. The second kappa shape index (κ2) is 7.49. The van der Waals surface area contributed by atoms with E-state index in [4.69, 9.17) is 10.5 Å². The van der Waals surface area contributed by atoms with E-state index in [1.807, 2.05) is 0 Å². The maximum atomic E-state index is 11.7. The summed E-state index contributed by atoms with van der Waals surface area (Å²) < 4.78 is 1.66. The fourth-order valence-electron chi connectivity index (χ4n) is 1.80. The third kappa shape index (κ3) is 3.96. The minimum absolute atomic E-state index is 0.0623. The van der Waals surface area contributed by atoms with Crippen molar-refractivity contribution in [2.75, 3.05) is 6.61 Å². The molecule has 0 unspecified atom stereocenters. The molecule has 0 aliphatic rings. The minimum Gasteiger partial charge on any atom is -0.396 e. The normalized spacial score (nSPS) is 10.9. The van der Waals surface area contributed by atoms with Gasteiger partial charge in [0.05, 0.1) is 0 Å². The van der Waals surface area contributed by atoms with Gasteiger partial charge in [0.1, 0.15) is 11.5 Å². The maximum Gasteiger partial charge on any atom is 0.181 e. The van der Waals surface area contributed by atoms with Crippen LogP contribution in [0.25, 0.3) is 0 Å². The lowest BCUT2D eigenvalue weighted by Crippen LogP contribution is -2.11. The van der Waals surface area contributed by atoms with Gasteiger partial charge in [0.15, 0.2) is 11.6 Å². The zero-order chi connectivity index (χ0) is 15.1. The van der Waals surface area contributed by atoms with Crippen molar-refractivity contribution in [2.45, 2.75) is 26.2 Å². The van der Waals surface area contributed by atoms with Gasteiger partial charge >= 0.3 is 0 Å². The van der Waals surface area contributed by atoms with E-state index in [1.165, 1.54) is 6.92 Å². The van der Waals surface area contributed by atoms with Crippen molar-refractivity contribution < 1.29 is 9.90 Å². The quantitative estimate of drug-likeness (QED) is 0.431. The molecule has 0 aromatic carbocycles. The molecule has 1 heterocycles. The summed E-state index contributed by atoms with van der Waals surface area (Å²) in [4.78, 5) is 20.2. The monoisotopic (exact) mass is 276 g/mol. The van der Waals surface area contributed by atoms with Gasteiger partial charge in [-0.25, -0.2) is 9.98 Å². The number of ketones is 1. The molecule has 1 aromatic rings. The van der Waals surface area contributed by atoms with Crippen molar-refractivity contribution in [3.8, 4) is 0 Å². The van der Waals surface area contributed by atoms with Crippen molar-refractivity contribution in [2.24, 2.45) is 12.0 Å². The van der Waals surface area contributed by atoms with Crippen molar-refractivity contribution >= 4 is 23.5 Å². The number of hydrogen-bond donors (Lipinski definition) is 2. The Bertz CT molecular complexity index is 544. The molecule has 0 aliphatic carbocycles. The largest absolute Gasteiger partial charge is 0.396 e. The summed E-state index contributed by atoms with van der Waals surface area (Å²) in [5.74, 6) is 0.846. The van der Waals surface area contributed by atoms with Crippen LogP contribution in [0.3, 0.4) is 0 Å². The molecule has 0 radical (unpaired) electrons. The second-order valence-corrected chi connectivity index (χ2v) is 4.41. The highest BCUT2D eigenvalue weighted by atomic mass is 16.3. The van der Waals surface area contributed by atoms with Crippen LogP contribution in [0.2, 0.25) is 0 Å². The number of nitrogens with zero attached hydrogens (tertiary/aromatic N) is 3. The lowest BCUT2D eigenvalue weighted by Gasteiger charge is -2.04. The first kappa shape index (κ1) is 16.0. The SMILES string of the molecule is C=CCC=Nc1nc(CC(=N)CCO)n(C)c1C(C)=O. The van der Waals surface area contributed by atoms with Gasteiger partial charge in [0, 0.05) is 51.8 Å². The third-order valence-corrected chi connectivity index (χ3v) is 2.77. The standard InChI is InChI=1S/C14H20N4O2/c1-4-5-7-16-14-13(10(2)20)18(3)12(17-14)9-11(15)6-8-19/h4,7,15,19H,1,5-6,8-9H2,2-3H3. The van der Waals surface area contributed by atoms with Crippen LogP contribution in [-0.4, -0.2) is 39.0 Å². The Kier molecular flexibility index (Phi) is 5.99. The topological polar surface area (TPSA) is 91.3 Å². The van der Waals surface area contributed by atoms with Gasteiger partial charge in [0.2, 0.25) is 0 Å². The molecule has 0 spiro atoms. The van der Waals surface area contributed by atoms with Crippen molar-refractivity contribution in [1.29, 1.82) is 5.41 Å². The Morgan fingerprint density at radius 2 is 2.30 bits per heavy atom. The zero-order valence-corrected chi connectivity index (χ0v) is 11.9. The van der Waals surface area contributed by atoms with Crippen LogP contribution >= 0.6 is 0 Å². The molecule has 0 aliphatic heterocycles. The molecule has 6 nitrogen and oxygen atoms in total. The lowest BCUT2D eigenvalue weighted by atomic mass is 10.2. The lowest BCUT2D eigenvalue weighted by molar-refractivity contribution is 0.101. The molecule has 20 heavy (non-hydrogen) atoms. The fraction of sp³-hybridized carbons (Fsp3) is 0.429. The summed E-state index contributed by atoms with van der Waals surface area (Å²) >= 11 is 0. The summed E-state index contributed by atoms with van der Waals surface area (Å²) in [6, 6.07) is 0. The van der Waals surface area contributed by atoms with Crippen LogP contribution in [0.4, 0.5) is 5.82 Å². The van der Waals surface area contributed by atoms with E-state index < -0.39 is 0 Å². The number of carbonyl (C=O) groups excluding carboxylic acids is 1. The number of Topliss-reactive ketones (excluding diaryl/α,β-unsaturated/α-hetero) is 1. The van der Waals surface area contributed by atoms with Crippen LogP contribution in [0.15, 0.2) is 17.6 Å². The summed E-state index contributed by atoms with van der Waals surface area (Å²) in [7, 11) is 1.73. The molecule has 0 saturated carbocycles. The first-order valence-corrected chi connectivity index (χ1v) is 6.38. The Balaban J connectivity index is 3.08. The number of carbonyl (C=O) groups is 1. The average molecular weight is 276 g/mol. The summed E-state index contributed by atoms with van der Waals surface area (Å²) in [6.07, 6.45) is 4.55. The predicted molar refractivity (Wildman–Crippen MR) is 79.3 cm³/mol. The molecule has 1 aromatic heterocycles. The van der Waals surface area contributed by atoms with E-state index in [-0.39, 0.29) is 12.4 Å². The first-order chi connectivity index (χ1) is 9.51. The number of imidazole rings is 1. The van der Waals surface area contributed by atoms with Gasteiger partial charge in [-0.1, -0.05) is 6.08 Å². The van der Waals surface area contributed by atoms with Crippen LogP contribution in [-0.2, 0) is 13.5 Å². The molecule has 2 N–H and O–H groups in total. The summed E-state index contributed by atoms with van der Waals surface area (Å²) in [5, 5.41) is 16.5. The molecule has 0 amide bonds. The van der Waals surface area contributed by atoms with Crippen LogP contribution in [0, 0.1) is 5.41 Å². The molecule has 1 rings (SSSR count). The number of hydrogen-bond acceptors (Lipinski definition) is 5. The summed E-state index contributed by atoms with van der Waals surface area (Å²) in [6.45, 7) is 5.00. The smallest absolute Gasteiger partial charge is 0.181 e. The van der Waals surface area contributed by atoms with Gasteiger partial charge in [-0.3, -0.25) is 4.79 Å². The van der Waals surface area contributed by atoms with Gasteiger partial charge in [-0.15, -0.1) is 6.58 Å². The number of aliphatic hydroxyl groups excluding tert-OH is 1. The van der Waals surface area contributed by atoms with E-state index in [1.54, 1.807) is 23.9 Å². The second-order valence-electron chi connectivity index (χ2n) is 4.41. The van der Waals surface area contributed by atoms with Crippen LogP contribution < -0.4 is 0 Å². The highest BCUT2D eigenvalue weighted by Gasteiger charge is 2.18. The van der Waals surface area contributed by atoms with Crippen molar-refractivity contribution in [3.05, 3.63) is 24.2 Å². The highest BCUT2D eigenvalue weighted by molar-refractivity contribution is 5.97. The molecule has 6 heteroatoms. The first-order valence-electron chi connectivity index (χ1n) is 6.38. The highest BCUT2D eigenvalue weighted by Crippen LogP contribution is 2.20. The molecular weight excluding hydrogens is 256 g/mol. The van der Waals surface area contributed by atoms with E-state index in [9.17, 15) is 4.79 Å². The van der Waals surface area contributed by atoms with Crippen molar-refractivity contribution in [3.63, 3.8) is 0 Å². The fourth-order valence-corrected chi connectivity index (χ4v) is 1.80. The predicted octanol–water partition coefficient (Wildman–Crippen LogP) is 1.85. The van der Waals surface area contributed by atoms with E-state index in [0.29, 0.717) is 42.3 Å². The number of rotatable bonds is 8. The molecule has 0 atom stereocenters. The van der Waals surface area contributed by atoms with Crippen LogP contribution in [0.1, 0.15) is 36.1 Å². The van der Waals surface area contributed by atoms with E-state index in [2.05, 4.69) is 16.6 Å². The minimum atomic E-state index is -0.120. The Morgan fingerprint density at radius 3 is 2.85 bits per heavy atom. The van der Waals surface area contributed by atoms with E-state index in [0.717, 1.165) is 0 Å². The van der Waals surface area contributed by atoms with E-state index >= 15 is 0 Å². The van der Waals surface area contributed by atoms with Gasteiger partial charge in [0.25, 0.3) is 0 Å². The third-order valence-electron chi connectivity index (χ3n) is 2.77. The Hall–Kier alpha value is -2.08. The molecule has 0 bridgehead atoms. The van der Waals surface area contributed by atoms with Crippen molar-refractivity contribution in [1.82, 2.24) is 9.55 Å². The zero-order valence-electron chi connectivity index (χ0n) is 11.9. The number of nitrogens with one attached hydrogen (secondary N) is 1. The molecule has 0 fully saturated rings. The van der Waals surface area contributed by atoms with Gasteiger partial charge < -0.3 is 15.1 Å². The number of allylic oxidation sites excluding steroid dienone is 1. The molecular formula is C14H20N4O2. The Morgan fingerprint density at radius 1 is 1.60 bits per heavy atom. The van der Waals surface area contributed by atoms with Gasteiger partial charge in [-0.2, -0.15) is 0 Å². The maximum absolute atomic E-state index is 11.7. The van der Waals surface area contributed by atoms with Gasteiger partial charge in [-0.05, 0) is 0 Å². The van der Waals surface area contributed by atoms with Crippen LogP contribution in [0.5, 0.6) is 0 Å². The number of aliphatic hydroxyl groups is 1. The summed E-state index contributed by atoms with van der Waals surface area (Å²) in [5.41, 5.74) is 0.800. The molecule has 108 valence electrons. The number of aromatic nitrogens is 2. The Labute approximate surface area is 118 Å².